The van der Waals surface area contributed by atoms with Gasteiger partial charge < -0.3 is 9.47 Å². The number of carbonyl (C=O) groups excluding carboxylic acids is 2. The van der Waals surface area contributed by atoms with Gasteiger partial charge in [-0.15, -0.1) is 0 Å². The molecular formula is C23H22Cl2O4. The maximum Gasteiger partial charge on any atom is 0.409 e. The molecule has 2 aliphatic rings. The lowest BCUT2D eigenvalue weighted by molar-refractivity contribution is 0.224. The number of fused-ring (bicyclic) bond motifs is 4. The Labute approximate surface area is 180 Å². The number of benzene rings is 2. The lowest BCUT2D eigenvalue weighted by Gasteiger charge is -2.30. The Kier molecular flexibility index (Phi) is 4.52. The van der Waals surface area contributed by atoms with Gasteiger partial charge in [-0.25, -0.2) is 9.59 Å². The van der Waals surface area contributed by atoms with Gasteiger partial charge in [-0.1, -0.05) is 39.8 Å². The zero-order chi connectivity index (χ0) is 21.2. The summed E-state index contributed by atoms with van der Waals surface area (Å²) in [6.07, 6.45) is 1.78. The van der Waals surface area contributed by atoms with Crippen LogP contribution in [0.25, 0.3) is 0 Å². The van der Waals surface area contributed by atoms with Gasteiger partial charge >= 0.3 is 10.9 Å². The molecule has 4 nitrogen and oxygen atoms in total. The molecule has 0 fully saturated rings. The Bertz CT molecular complexity index is 956. The predicted octanol–water partition coefficient (Wildman–Crippen LogP) is 6.81. The molecule has 4 rings (SSSR count). The van der Waals surface area contributed by atoms with Crippen molar-refractivity contribution in [3.05, 3.63) is 58.7 Å². The van der Waals surface area contributed by atoms with E-state index < -0.39 is 10.9 Å². The number of hydrogen-bond donors (Lipinski definition) is 0. The second-order valence-corrected chi connectivity index (χ2v) is 9.91. The molecule has 0 aromatic heterocycles. The van der Waals surface area contributed by atoms with Crippen LogP contribution in [0.15, 0.2) is 36.4 Å². The minimum Gasteiger partial charge on any atom is -0.414 e. The van der Waals surface area contributed by atoms with Crippen molar-refractivity contribution in [3.8, 4) is 11.5 Å². The highest BCUT2D eigenvalue weighted by atomic mass is 35.5. The van der Waals surface area contributed by atoms with Crippen LogP contribution < -0.4 is 9.47 Å². The molecule has 2 aromatic carbocycles. The van der Waals surface area contributed by atoms with Gasteiger partial charge in [0.05, 0.1) is 0 Å². The second kappa shape index (κ2) is 6.48. The van der Waals surface area contributed by atoms with Crippen molar-refractivity contribution in [2.75, 3.05) is 0 Å². The summed E-state index contributed by atoms with van der Waals surface area (Å²) >= 11 is 10.9. The lowest BCUT2D eigenvalue weighted by Crippen LogP contribution is -2.27. The molecule has 0 heterocycles. The molecule has 0 radical (unpaired) electrons. The van der Waals surface area contributed by atoms with E-state index in [9.17, 15) is 9.59 Å². The lowest BCUT2D eigenvalue weighted by atomic mass is 9.72. The molecule has 2 aliphatic carbocycles. The van der Waals surface area contributed by atoms with Gasteiger partial charge in [-0.05, 0) is 70.2 Å². The molecule has 152 valence electrons. The minimum absolute atomic E-state index is 0.0737. The van der Waals surface area contributed by atoms with Gasteiger partial charge in [-0.3, -0.25) is 0 Å². The topological polar surface area (TPSA) is 52.6 Å². The SMILES string of the molecule is CC1(C)CC2(CC(C)(C)c3ccc(OC(=O)Cl)cc32)c2cc(OC(=O)Cl)ccc21. The van der Waals surface area contributed by atoms with Crippen molar-refractivity contribution in [1.82, 2.24) is 0 Å². The summed E-state index contributed by atoms with van der Waals surface area (Å²) < 4.78 is 10.3. The number of halogens is 2. The van der Waals surface area contributed by atoms with E-state index in [0.29, 0.717) is 11.5 Å². The van der Waals surface area contributed by atoms with Gasteiger partial charge in [0.1, 0.15) is 11.5 Å². The highest BCUT2D eigenvalue weighted by molar-refractivity contribution is 6.61. The molecule has 0 bridgehead atoms. The van der Waals surface area contributed by atoms with E-state index in [4.69, 9.17) is 32.7 Å². The van der Waals surface area contributed by atoms with E-state index in [-0.39, 0.29) is 16.2 Å². The van der Waals surface area contributed by atoms with Crippen LogP contribution in [-0.4, -0.2) is 10.9 Å². The third-order valence-electron chi connectivity index (χ3n) is 6.36. The summed E-state index contributed by atoms with van der Waals surface area (Å²) in [6.45, 7) is 8.89. The average molecular weight is 433 g/mol. The molecule has 0 N–H and O–H groups in total. The molecule has 2 aromatic rings. The predicted molar refractivity (Wildman–Crippen MR) is 113 cm³/mol. The van der Waals surface area contributed by atoms with Gasteiger partial charge in [-0.2, -0.15) is 0 Å². The molecule has 0 atom stereocenters. The fourth-order valence-electron chi connectivity index (χ4n) is 5.62. The zero-order valence-electron chi connectivity index (χ0n) is 16.8. The standard InChI is InChI=1S/C23H22Cl2O4/c1-21(2)11-23(17-9-13(28-19(24)26)5-7-15(17)21)12-22(3,4)16-8-6-14(10-18(16)23)29-20(25)27/h5-10H,11-12H2,1-4H3. The summed E-state index contributed by atoms with van der Waals surface area (Å²) in [5, 5.41) is 0. The summed E-state index contributed by atoms with van der Waals surface area (Å²) in [5.74, 6) is 0.853. The molecule has 6 heteroatoms. The average Bonchev–Trinajstić information content (AvgIpc) is 2.93. The largest absolute Gasteiger partial charge is 0.414 e. The van der Waals surface area contributed by atoms with Gasteiger partial charge in [0.15, 0.2) is 0 Å². The van der Waals surface area contributed by atoms with Crippen LogP contribution in [0, 0.1) is 0 Å². The molecule has 29 heavy (non-hydrogen) atoms. The van der Waals surface area contributed by atoms with E-state index in [1.807, 2.05) is 24.3 Å². The van der Waals surface area contributed by atoms with Crippen LogP contribution in [0.2, 0.25) is 0 Å². The molecular weight excluding hydrogens is 411 g/mol. The van der Waals surface area contributed by atoms with Crippen molar-refractivity contribution in [3.63, 3.8) is 0 Å². The van der Waals surface area contributed by atoms with E-state index in [1.165, 1.54) is 11.1 Å². The fraction of sp³-hybridized carbons (Fsp3) is 0.391. The number of ether oxygens (including phenoxy) is 2. The van der Waals surface area contributed by atoms with Crippen molar-refractivity contribution < 1.29 is 19.1 Å². The van der Waals surface area contributed by atoms with Crippen LogP contribution in [0.4, 0.5) is 9.59 Å². The quantitative estimate of drug-likeness (QED) is 0.488. The summed E-state index contributed by atoms with van der Waals surface area (Å²) in [5.41, 5.74) is 2.52. The third-order valence-corrected chi connectivity index (χ3v) is 6.51. The first-order valence-electron chi connectivity index (χ1n) is 9.49. The summed E-state index contributed by atoms with van der Waals surface area (Å²) in [7, 11) is 0. The number of hydrogen-bond acceptors (Lipinski definition) is 4. The van der Waals surface area contributed by atoms with Gasteiger partial charge in [0, 0.05) is 28.6 Å². The molecule has 1 spiro atoms. The maximum absolute atomic E-state index is 11.3. The smallest absolute Gasteiger partial charge is 0.409 e. The Morgan fingerprint density at radius 1 is 0.724 bits per heavy atom. The molecule has 0 amide bonds. The van der Waals surface area contributed by atoms with Crippen LogP contribution in [-0.2, 0) is 16.2 Å². The minimum atomic E-state index is -0.861. The van der Waals surface area contributed by atoms with Crippen LogP contribution >= 0.6 is 23.2 Å². The highest BCUT2D eigenvalue weighted by Crippen LogP contribution is 2.63. The van der Waals surface area contributed by atoms with Crippen molar-refractivity contribution >= 4 is 34.1 Å². The number of rotatable bonds is 2. The van der Waals surface area contributed by atoms with E-state index in [2.05, 4.69) is 27.7 Å². The first-order chi connectivity index (χ1) is 13.4. The van der Waals surface area contributed by atoms with Gasteiger partial charge in [0.25, 0.3) is 0 Å². The van der Waals surface area contributed by atoms with E-state index in [0.717, 1.165) is 24.0 Å². The van der Waals surface area contributed by atoms with Crippen molar-refractivity contribution in [2.24, 2.45) is 0 Å². The maximum atomic E-state index is 11.3. The van der Waals surface area contributed by atoms with Crippen LogP contribution in [0.3, 0.4) is 0 Å². The highest BCUT2D eigenvalue weighted by Gasteiger charge is 2.56. The molecule has 0 saturated carbocycles. The van der Waals surface area contributed by atoms with Crippen LogP contribution in [0.1, 0.15) is 62.8 Å². The first kappa shape index (κ1) is 20.2. The Balaban J connectivity index is 1.95. The van der Waals surface area contributed by atoms with Gasteiger partial charge in [0.2, 0.25) is 0 Å². The number of carbonyl (C=O) groups is 2. The Morgan fingerprint density at radius 2 is 1.10 bits per heavy atom. The van der Waals surface area contributed by atoms with Crippen molar-refractivity contribution in [2.45, 2.75) is 56.8 Å². The first-order valence-corrected chi connectivity index (χ1v) is 10.2. The third kappa shape index (κ3) is 3.23. The second-order valence-electron chi connectivity index (χ2n) is 9.30. The zero-order valence-corrected chi connectivity index (χ0v) is 18.3. The van der Waals surface area contributed by atoms with E-state index in [1.54, 1.807) is 12.1 Å². The monoisotopic (exact) mass is 432 g/mol. The molecule has 0 saturated heterocycles. The van der Waals surface area contributed by atoms with Crippen LogP contribution in [0.5, 0.6) is 11.5 Å². The summed E-state index contributed by atoms with van der Waals surface area (Å²) in [6, 6.07) is 11.5. The molecule has 0 unspecified atom stereocenters. The van der Waals surface area contributed by atoms with E-state index >= 15 is 0 Å². The normalized spacial score (nSPS) is 19.5. The summed E-state index contributed by atoms with van der Waals surface area (Å²) in [4.78, 5) is 22.6. The van der Waals surface area contributed by atoms with Crippen molar-refractivity contribution in [1.29, 1.82) is 0 Å². The molecule has 0 aliphatic heterocycles. The Morgan fingerprint density at radius 3 is 1.45 bits per heavy atom. The Hall–Kier alpha value is -2.04. The fourth-order valence-corrected chi connectivity index (χ4v) is 5.80.